The normalized spacial score (nSPS) is 14.9. The topological polar surface area (TPSA) is 116 Å². The predicted octanol–water partition coefficient (Wildman–Crippen LogP) is 3.77. The summed E-state index contributed by atoms with van der Waals surface area (Å²) in [5, 5.41) is 13.7. The Hall–Kier alpha value is -3.86. The van der Waals surface area contributed by atoms with Crippen molar-refractivity contribution in [3.05, 3.63) is 81.6 Å². The van der Waals surface area contributed by atoms with Crippen molar-refractivity contribution in [2.24, 2.45) is 5.10 Å². The monoisotopic (exact) mass is 553 g/mol. The minimum absolute atomic E-state index is 0.0727. The smallest absolute Gasteiger partial charge is 0.361 e. The minimum atomic E-state index is -0.821. The SMILES string of the molecule is CCOC(=O)c1nnn(CC(=O)N2N=C(c3ccc(Br)cc3)C[C@@H]2c2ccccc2)c1C(=O)OCC. The van der Waals surface area contributed by atoms with Crippen LogP contribution in [0.15, 0.2) is 64.2 Å². The number of carbonyl (C=O) groups is 3. The average Bonchev–Trinajstić information content (AvgIpc) is 3.50. The minimum Gasteiger partial charge on any atom is -0.461 e. The fraction of sp³-hybridized carbons (Fsp3) is 0.280. The van der Waals surface area contributed by atoms with E-state index in [1.807, 2.05) is 54.6 Å². The van der Waals surface area contributed by atoms with Gasteiger partial charge in [0.1, 0.15) is 6.54 Å². The van der Waals surface area contributed by atoms with E-state index in [2.05, 4.69) is 31.3 Å². The highest BCUT2D eigenvalue weighted by Crippen LogP contribution is 2.33. The van der Waals surface area contributed by atoms with E-state index >= 15 is 0 Å². The number of esters is 2. The van der Waals surface area contributed by atoms with Crippen LogP contribution in [0.2, 0.25) is 0 Å². The number of nitrogens with zero attached hydrogens (tertiary/aromatic N) is 5. The molecular formula is C25H24BrN5O5. The lowest BCUT2D eigenvalue weighted by atomic mass is 9.98. The molecule has 10 nitrogen and oxygen atoms in total. The van der Waals surface area contributed by atoms with E-state index < -0.39 is 17.8 Å². The van der Waals surface area contributed by atoms with Crippen molar-refractivity contribution in [3.63, 3.8) is 0 Å². The first kappa shape index (κ1) is 25.2. The van der Waals surface area contributed by atoms with Crippen LogP contribution in [0, 0.1) is 0 Å². The van der Waals surface area contributed by atoms with Gasteiger partial charge in [0.15, 0.2) is 5.69 Å². The third-order valence-electron chi connectivity index (χ3n) is 5.49. The van der Waals surface area contributed by atoms with Crippen LogP contribution in [-0.2, 0) is 20.8 Å². The number of aromatic nitrogens is 3. The second-order valence-electron chi connectivity index (χ2n) is 7.81. The highest BCUT2D eigenvalue weighted by Gasteiger charge is 2.35. The van der Waals surface area contributed by atoms with Crippen molar-refractivity contribution < 1.29 is 23.9 Å². The zero-order valence-electron chi connectivity index (χ0n) is 19.8. The van der Waals surface area contributed by atoms with Crippen molar-refractivity contribution >= 4 is 39.5 Å². The van der Waals surface area contributed by atoms with Gasteiger partial charge in [0.2, 0.25) is 5.69 Å². The number of hydrazone groups is 1. The van der Waals surface area contributed by atoms with Crippen molar-refractivity contribution in [1.82, 2.24) is 20.0 Å². The van der Waals surface area contributed by atoms with Gasteiger partial charge in [-0.3, -0.25) is 4.79 Å². The molecule has 0 fully saturated rings. The maximum absolute atomic E-state index is 13.5. The second-order valence-corrected chi connectivity index (χ2v) is 8.72. The van der Waals surface area contributed by atoms with E-state index in [0.29, 0.717) is 6.42 Å². The van der Waals surface area contributed by atoms with Gasteiger partial charge >= 0.3 is 11.9 Å². The summed E-state index contributed by atoms with van der Waals surface area (Å²) >= 11 is 3.44. The quantitative estimate of drug-likeness (QED) is 0.390. The zero-order valence-corrected chi connectivity index (χ0v) is 21.3. The molecule has 186 valence electrons. The average molecular weight is 554 g/mol. The molecule has 11 heteroatoms. The fourth-order valence-electron chi connectivity index (χ4n) is 3.85. The van der Waals surface area contributed by atoms with E-state index in [9.17, 15) is 14.4 Å². The Balaban J connectivity index is 1.67. The van der Waals surface area contributed by atoms with Crippen LogP contribution in [0.5, 0.6) is 0 Å². The van der Waals surface area contributed by atoms with Gasteiger partial charge in [-0.25, -0.2) is 19.3 Å². The molecule has 0 spiro atoms. The highest BCUT2D eigenvalue weighted by atomic mass is 79.9. The number of carbonyl (C=O) groups excluding carboxylic acids is 3. The molecule has 2 heterocycles. The van der Waals surface area contributed by atoms with Gasteiger partial charge in [-0.1, -0.05) is 63.6 Å². The van der Waals surface area contributed by atoms with Gasteiger partial charge in [0.05, 0.1) is 25.0 Å². The molecule has 0 aliphatic carbocycles. The van der Waals surface area contributed by atoms with Gasteiger partial charge in [-0.15, -0.1) is 5.10 Å². The van der Waals surface area contributed by atoms with Crippen LogP contribution < -0.4 is 0 Å². The molecule has 0 N–H and O–H groups in total. The van der Waals surface area contributed by atoms with Gasteiger partial charge in [-0.2, -0.15) is 5.10 Å². The molecule has 3 aromatic rings. The lowest BCUT2D eigenvalue weighted by Crippen LogP contribution is -2.32. The number of halogens is 1. The zero-order chi connectivity index (χ0) is 25.7. The van der Waals surface area contributed by atoms with Crippen LogP contribution in [0.3, 0.4) is 0 Å². The number of rotatable bonds is 8. The molecule has 0 saturated carbocycles. The summed E-state index contributed by atoms with van der Waals surface area (Å²) in [5.41, 5.74) is 2.02. The van der Waals surface area contributed by atoms with Crippen molar-refractivity contribution in [2.75, 3.05) is 13.2 Å². The Morgan fingerprint density at radius 3 is 2.31 bits per heavy atom. The van der Waals surface area contributed by atoms with Gasteiger partial charge in [-0.05, 0) is 37.1 Å². The molecule has 0 saturated heterocycles. The van der Waals surface area contributed by atoms with Crippen molar-refractivity contribution in [3.8, 4) is 0 Å². The van der Waals surface area contributed by atoms with Crippen LogP contribution in [0.25, 0.3) is 0 Å². The lowest BCUT2D eigenvalue weighted by molar-refractivity contribution is -0.133. The van der Waals surface area contributed by atoms with Crippen molar-refractivity contribution in [2.45, 2.75) is 32.9 Å². The third kappa shape index (κ3) is 5.35. The first-order valence-electron chi connectivity index (χ1n) is 11.4. The largest absolute Gasteiger partial charge is 0.461 e. The summed E-state index contributed by atoms with van der Waals surface area (Å²) in [6, 6.07) is 16.9. The molecule has 1 aromatic heterocycles. The Morgan fingerprint density at radius 1 is 0.972 bits per heavy atom. The second kappa shape index (κ2) is 11.3. The first-order chi connectivity index (χ1) is 17.4. The predicted molar refractivity (Wildman–Crippen MR) is 133 cm³/mol. The van der Waals surface area contributed by atoms with Gasteiger partial charge in [0, 0.05) is 10.9 Å². The van der Waals surface area contributed by atoms with Crippen LogP contribution in [0.1, 0.15) is 58.4 Å². The number of hydrogen-bond donors (Lipinski definition) is 0. The highest BCUT2D eigenvalue weighted by molar-refractivity contribution is 9.10. The molecule has 36 heavy (non-hydrogen) atoms. The van der Waals surface area contributed by atoms with E-state index in [1.165, 1.54) is 5.01 Å². The summed E-state index contributed by atoms with van der Waals surface area (Å²) in [6.07, 6.45) is 0.507. The number of benzene rings is 2. The van der Waals surface area contributed by atoms with E-state index in [4.69, 9.17) is 9.47 Å². The number of ether oxygens (including phenoxy) is 2. The maximum Gasteiger partial charge on any atom is 0.361 e. The molecule has 0 unspecified atom stereocenters. The number of hydrogen-bond acceptors (Lipinski definition) is 8. The van der Waals surface area contributed by atoms with Crippen molar-refractivity contribution in [1.29, 1.82) is 0 Å². The van der Waals surface area contributed by atoms with Crippen LogP contribution >= 0.6 is 15.9 Å². The molecule has 4 rings (SSSR count). The lowest BCUT2D eigenvalue weighted by Gasteiger charge is -2.22. The van der Waals surface area contributed by atoms with Crippen LogP contribution in [0.4, 0.5) is 0 Å². The summed E-state index contributed by atoms with van der Waals surface area (Å²) in [4.78, 5) is 38.5. The molecule has 1 amide bonds. The summed E-state index contributed by atoms with van der Waals surface area (Å²) in [7, 11) is 0. The van der Waals surface area contributed by atoms with E-state index in [0.717, 1.165) is 26.0 Å². The Kier molecular flexibility index (Phi) is 7.89. The summed E-state index contributed by atoms with van der Waals surface area (Å²) in [6.45, 7) is 3.06. The van der Waals surface area contributed by atoms with Gasteiger partial charge < -0.3 is 9.47 Å². The molecule has 1 aliphatic heterocycles. The fourth-order valence-corrected chi connectivity index (χ4v) is 4.12. The van der Waals surface area contributed by atoms with E-state index in [-0.39, 0.29) is 37.2 Å². The Bertz CT molecular complexity index is 1290. The summed E-state index contributed by atoms with van der Waals surface area (Å²) in [5.74, 6) is -2.07. The van der Waals surface area contributed by atoms with Crippen LogP contribution in [-0.4, -0.2) is 56.8 Å². The molecule has 1 aliphatic rings. The van der Waals surface area contributed by atoms with E-state index in [1.54, 1.807) is 13.8 Å². The molecule has 0 bridgehead atoms. The first-order valence-corrected chi connectivity index (χ1v) is 12.2. The summed E-state index contributed by atoms with van der Waals surface area (Å²) < 4.78 is 12.0. The molecule has 2 aromatic carbocycles. The Morgan fingerprint density at radius 2 is 1.64 bits per heavy atom. The molecular weight excluding hydrogens is 530 g/mol. The number of amides is 1. The Labute approximate surface area is 216 Å². The van der Waals surface area contributed by atoms with Gasteiger partial charge in [0.25, 0.3) is 5.91 Å². The third-order valence-corrected chi connectivity index (χ3v) is 6.01. The standard InChI is InChI=1S/C25H24BrN5O5/c1-3-35-24(33)22-23(25(34)36-4-2)30(29-27-22)15-21(32)31-20(17-8-6-5-7-9-17)14-19(28-31)16-10-12-18(26)13-11-16/h5-13,20H,3-4,14-15H2,1-2H3/t20-/m1/s1. The maximum atomic E-state index is 13.5. The molecule has 1 atom stereocenters. The molecule has 0 radical (unpaired) electrons.